The summed E-state index contributed by atoms with van der Waals surface area (Å²) < 4.78 is 7.50. The number of hydrogen-bond acceptors (Lipinski definition) is 5. The molecule has 5 rings (SSSR count). The highest BCUT2D eigenvalue weighted by Gasteiger charge is 2.43. The first-order chi connectivity index (χ1) is 15.9. The van der Waals surface area contributed by atoms with Gasteiger partial charge in [-0.05, 0) is 48.9 Å². The number of carbonyl (C=O) groups excluding carboxylic acids is 2. The molecule has 2 aliphatic rings. The molecule has 1 saturated carbocycles. The Bertz CT molecular complexity index is 1170. The number of Topliss-reactive ketones (excluding diaryl/α,β-unsaturated/α-hetero) is 1. The first kappa shape index (κ1) is 22.0. The molecule has 1 aliphatic heterocycles. The topological polar surface area (TPSA) is 105 Å². The maximum absolute atomic E-state index is 13.2. The number of hydrogen-bond donors (Lipinski definition) is 3. The fourth-order valence-corrected chi connectivity index (χ4v) is 5.57. The lowest BCUT2D eigenvalue weighted by Crippen LogP contribution is -2.48. The number of carbonyl (C=O) groups is 2. The van der Waals surface area contributed by atoms with E-state index in [0.29, 0.717) is 11.3 Å². The molecule has 3 aromatic rings. The van der Waals surface area contributed by atoms with Crippen molar-refractivity contribution >= 4 is 29.8 Å². The molecule has 3 N–H and O–H groups in total. The smallest absolute Gasteiger partial charge is 0.464 e. The van der Waals surface area contributed by atoms with Crippen LogP contribution in [0.5, 0.6) is 0 Å². The maximum atomic E-state index is 13.2. The Morgan fingerprint density at radius 2 is 1.97 bits per heavy atom. The van der Waals surface area contributed by atoms with E-state index in [1.54, 1.807) is 6.26 Å². The molecule has 0 radical (unpaired) electrons. The normalized spacial score (nSPS) is 18.3. The summed E-state index contributed by atoms with van der Waals surface area (Å²) in [6.07, 6.45) is 10.00. The molecule has 1 spiro atoms. The minimum Gasteiger partial charge on any atom is -0.464 e. The molecule has 0 bridgehead atoms. The van der Waals surface area contributed by atoms with Gasteiger partial charge in [-0.3, -0.25) is 9.59 Å². The van der Waals surface area contributed by atoms with Crippen LogP contribution in [0.15, 0.2) is 47.2 Å². The molecule has 1 atom stereocenters. The van der Waals surface area contributed by atoms with Crippen molar-refractivity contribution in [2.75, 3.05) is 0 Å². The molecule has 1 amide bonds. The number of nitrogens with one attached hydrogen (secondary N) is 1. The number of benzene rings is 1. The van der Waals surface area contributed by atoms with Gasteiger partial charge in [0.15, 0.2) is 5.78 Å². The van der Waals surface area contributed by atoms with Crippen LogP contribution in [-0.2, 0) is 24.2 Å². The Kier molecular flexibility index (Phi) is 5.89. The van der Waals surface area contributed by atoms with Gasteiger partial charge in [0.05, 0.1) is 24.3 Å². The Hall–Kier alpha value is -2.84. The van der Waals surface area contributed by atoms with Crippen molar-refractivity contribution in [2.24, 2.45) is 5.41 Å². The lowest BCUT2D eigenvalue weighted by atomic mass is 9.67. The molecular formula is C25H29BN2O5. The Balaban J connectivity index is 1.27. The summed E-state index contributed by atoms with van der Waals surface area (Å²) in [6, 6.07) is 9.34. The third-order valence-electron chi connectivity index (χ3n) is 7.38. The van der Waals surface area contributed by atoms with E-state index in [2.05, 4.69) is 5.32 Å². The van der Waals surface area contributed by atoms with Gasteiger partial charge in [-0.15, -0.1) is 0 Å². The molecule has 1 fully saturated rings. The number of furan rings is 1. The second kappa shape index (κ2) is 8.84. The molecule has 3 heterocycles. The van der Waals surface area contributed by atoms with Crippen molar-refractivity contribution in [2.45, 2.75) is 63.9 Å². The minimum absolute atomic E-state index is 0.0790. The van der Waals surface area contributed by atoms with Crippen molar-refractivity contribution in [3.8, 4) is 0 Å². The highest BCUT2D eigenvalue weighted by atomic mass is 16.4. The molecule has 0 saturated heterocycles. The SMILES string of the molecule is O=C(Cc1cc2n(c1)CCC1(CCCCC1)C2=O)NC(Cc1coc2ccccc12)B(O)O. The van der Waals surface area contributed by atoms with Gasteiger partial charge in [0.2, 0.25) is 5.91 Å². The molecule has 7 nitrogen and oxygen atoms in total. The lowest BCUT2D eigenvalue weighted by molar-refractivity contribution is -0.120. The monoisotopic (exact) mass is 448 g/mol. The fourth-order valence-electron chi connectivity index (χ4n) is 5.57. The molecule has 1 aliphatic carbocycles. The predicted octanol–water partition coefficient (Wildman–Crippen LogP) is 3.05. The maximum Gasteiger partial charge on any atom is 0.475 e. The van der Waals surface area contributed by atoms with Gasteiger partial charge in [0, 0.05) is 23.5 Å². The van der Waals surface area contributed by atoms with Gasteiger partial charge in [0.25, 0.3) is 0 Å². The number of ketones is 1. The first-order valence-electron chi connectivity index (χ1n) is 11.8. The molecule has 8 heteroatoms. The van der Waals surface area contributed by atoms with E-state index in [9.17, 15) is 19.6 Å². The van der Waals surface area contributed by atoms with E-state index in [1.807, 2.05) is 41.1 Å². The van der Waals surface area contributed by atoms with Crippen molar-refractivity contribution in [1.29, 1.82) is 0 Å². The summed E-state index contributed by atoms with van der Waals surface area (Å²) in [7, 11) is -1.71. The van der Waals surface area contributed by atoms with Crippen LogP contribution in [0.2, 0.25) is 0 Å². The molecule has 1 unspecified atom stereocenters. The van der Waals surface area contributed by atoms with E-state index in [0.717, 1.165) is 55.2 Å². The summed E-state index contributed by atoms with van der Waals surface area (Å²) in [5, 5.41) is 23.4. The van der Waals surface area contributed by atoms with Gasteiger partial charge in [0.1, 0.15) is 5.58 Å². The van der Waals surface area contributed by atoms with E-state index >= 15 is 0 Å². The first-order valence-corrected chi connectivity index (χ1v) is 11.8. The third kappa shape index (κ3) is 4.25. The minimum atomic E-state index is -1.71. The number of rotatable bonds is 6. The predicted molar refractivity (Wildman–Crippen MR) is 125 cm³/mol. The van der Waals surface area contributed by atoms with Crippen molar-refractivity contribution < 1.29 is 24.1 Å². The molecule has 172 valence electrons. The highest BCUT2D eigenvalue weighted by Crippen LogP contribution is 2.45. The van der Waals surface area contributed by atoms with Crippen LogP contribution in [0.3, 0.4) is 0 Å². The van der Waals surface area contributed by atoms with Crippen LogP contribution in [0.1, 0.15) is 60.1 Å². The molecule has 2 aromatic heterocycles. The molecular weight excluding hydrogens is 419 g/mol. The van der Waals surface area contributed by atoms with E-state index in [1.165, 1.54) is 6.42 Å². The number of amides is 1. The van der Waals surface area contributed by atoms with Crippen LogP contribution >= 0.6 is 0 Å². The van der Waals surface area contributed by atoms with Crippen LogP contribution in [0.4, 0.5) is 0 Å². The molecule has 33 heavy (non-hydrogen) atoms. The summed E-state index contributed by atoms with van der Waals surface area (Å²) in [5.41, 5.74) is 2.76. The summed E-state index contributed by atoms with van der Waals surface area (Å²) in [4.78, 5) is 26.0. The largest absolute Gasteiger partial charge is 0.475 e. The van der Waals surface area contributed by atoms with Gasteiger partial charge < -0.3 is 24.3 Å². The van der Waals surface area contributed by atoms with Gasteiger partial charge in [-0.1, -0.05) is 37.5 Å². The van der Waals surface area contributed by atoms with Gasteiger partial charge in [-0.2, -0.15) is 0 Å². The Morgan fingerprint density at radius 1 is 1.18 bits per heavy atom. The number of aryl methyl sites for hydroxylation is 1. The van der Waals surface area contributed by atoms with E-state index in [-0.39, 0.29) is 29.9 Å². The standard InChI is InChI=1S/C25H29BN2O5/c29-23(27-22(26(31)32)14-18-16-33-21-7-3-2-6-19(18)21)13-17-12-20-24(30)25(8-4-1-5-9-25)10-11-28(20)15-17/h2-3,6-7,12,15-16,22,31-32H,1,4-5,8-11,13-14H2,(H,27,29). The summed E-state index contributed by atoms with van der Waals surface area (Å²) in [5.74, 6) is -0.970. The van der Waals surface area contributed by atoms with Crippen molar-refractivity contribution in [1.82, 2.24) is 9.88 Å². The van der Waals surface area contributed by atoms with Crippen molar-refractivity contribution in [3.05, 3.63) is 59.6 Å². The Morgan fingerprint density at radius 3 is 2.76 bits per heavy atom. The van der Waals surface area contributed by atoms with Gasteiger partial charge >= 0.3 is 7.12 Å². The zero-order valence-electron chi connectivity index (χ0n) is 18.6. The third-order valence-corrected chi connectivity index (χ3v) is 7.38. The van der Waals surface area contributed by atoms with Crippen molar-refractivity contribution in [3.63, 3.8) is 0 Å². The quantitative estimate of drug-likeness (QED) is 0.503. The summed E-state index contributed by atoms with van der Waals surface area (Å²) >= 11 is 0. The zero-order valence-corrected chi connectivity index (χ0v) is 18.6. The number of fused-ring (bicyclic) bond motifs is 2. The van der Waals surface area contributed by atoms with Crippen LogP contribution < -0.4 is 5.32 Å². The second-order valence-corrected chi connectivity index (χ2v) is 9.57. The Labute approximate surface area is 192 Å². The van der Waals surface area contributed by atoms with Crippen LogP contribution in [0.25, 0.3) is 11.0 Å². The van der Waals surface area contributed by atoms with E-state index < -0.39 is 13.1 Å². The van der Waals surface area contributed by atoms with Crippen LogP contribution in [-0.4, -0.2) is 39.4 Å². The lowest BCUT2D eigenvalue weighted by Gasteiger charge is -2.39. The average molecular weight is 448 g/mol. The summed E-state index contributed by atoms with van der Waals surface area (Å²) in [6.45, 7) is 0.800. The van der Waals surface area contributed by atoms with Crippen LogP contribution in [0, 0.1) is 5.41 Å². The number of para-hydroxylation sites is 1. The average Bonchev–Trinajstić information content (AvgIpc) is 3.41. The fraction of sp³-hybridized carbons (Fsp3) is 0.440. The molecule has 1 aromatic carbocycles. The number of nitrogens with zero attached hydrogens (tertiary/aromatic N) is 1. The number of aromatic nitrogens is 1. The zero-order chi connectivity index (χ0) is 23.0. The van der Waals surface area contributed by atoms with E-state index in [4.69, 9.17) is 4.42 Å². The highest BCUT2D eigenvalue weighted by molar-refractivity contribution is 6.43. The second-order valence-electron chi connectivity index (χ2n) is 9.57. The van der Waals surface area contributed by atoms with Gasteiger partial charge in [-0.25, -0.2) is 0 Å².